The lowest BCUT2D eigenvalue weighted by atomic mass is 9.87. The third-order valence-corrected chi connectivity index (χ3v) is 21.9. The average molecular weight is 1450 g/mol. The first-order valence-corrected chi connectivity index (χ1v) is 40.5. The third kappa shape index (κ3) is 12.9. The van der Waals surface area contributed by atoms with Crippen molar-refractivity contribution in [2.24, 2.45) is 5.92 Å². The summed E-state index contributed by atoms with van der Waals surface area (Å²) in [5.41, 5.74) is 10.5. The van der Waals surface area contributed by atoms with E-state index in [-0.39, 0.29) is 0 Å². The van der Waals surface area contributed by atoms with Crippen LogP contribution >= 0.6 is 0 Å². The average Bonchev–Trinajstić information content (AvgIpc) is 1.53. The minimum atomic E-state index is -3.15. The third-order valence-electron chi connectivity index (χ3n) is 21.9. The van der Waals surface area contributed by atoms with Crippen LogP contribution in [0.15, 0.2) is 127 Å². The van der Waals surface area contributed by atoms with E-state index in [1.807, 2.05) is 58.2 Å². The highest BCUT2D eigenvalue weighted by Crippen LogP contribution is 2.64. The fourth-order valence-corrected chi connectivity index (χ4v) is 17.0. The van der Waals surface area contributed by atoms with Crippen molar-refractivity contribution in [3.05, 3.63) is 166 Å². The van der Waals surface area contributed by atoms with Crippen LogP contribution in [0.2, 0.25) is 0 Å². The topological polar surface area (TPSA) is 161 Å². The second-order valence-corrected chi connectivity index (χ2v) is 30.7. The number of quaternary nitrogens is 3. The second-order valence-electron chi connectivity index (χ2n) is 30.7. The summed E-state index contributed by atoms with van der Waals surface area (Å²) < 4.78 is 89.1. The molecule has 15 nitrogen and oxygen atoms in total. The van der Waals surface area contributed by atoms with Crippen LogP contribution in [0, 0.1) is 5.92 Å². The van der Waals surface area contributed by atoms with Gasteiger partial charge in [-0.25, -0.2) is 0 Å². The predicted octanol–water partition coefficient (Wildman–Crippen LogP) is 16.7. The molecule has 0 saturated heterocycles. The minimum Gasteiger partial charge on any atom is -0.609 e. The molecule has 108 heavy (non-hydrogen) atoms. The summed E-state index contributed by atoms with van der Waals surface area (Å²) in [4.78, 5) is 0. The molecular formula is C90H104B3N3O12. The van der Waals surface area contributed by atoms with Gasteiger partial charge in [-0.3, -0.25) is 0 Å². The van der Waals surface area contributed by atoms with Gasteiger partial charge < -0.3 is 71.8 Å². The molecule has 3 spiro atoms. The Morgan fingerprint density at radius 3 is 0.796 bits per heavy atom. The molecule has 0 saturated carbocycles. The smallest absolute Gasteiger partial charge is 0.609 e. The summed E-state index contributed by atoms with van der Waals surface area (Å²) in [7, 11) is 12.0. The van der Waals surface area contributed by atoms with Crippen LogP contribution in [-0.2, 0) is 32.1 Å². The normalized spacial score (nSPS) is 18.7. The Kier molecular flexibility index (Phi) is 20.1. The second kappa shape index (κ2) is 29.9. The van der Waals surface area contributed by atoms with E-state index >= 15 is 0 Å². The van der Waals surface area contributed by atoms with Gasteiger partial charge in [-0.05, 0) is 211 Å². The molecule has 0 aromatic heterocycles. The Morgan fingerprint density at radius 2 is 0.537 bits per heavy atom. The maximum Gasteiger partial charge on any atom is 0.777 e. The van der Waals surface area contributed by atoms with Crippen LogP contribution in [0.25, 0.3) is 99.4 Å². The molecule has 1 aliphatic carbocycles. The van der Waals surface area contributed by atoms with Crippen LogP contribution in [0.1, 0.15) is 159 Å². The Morgan fingerprint density at radius 1 is 0.296 bits per heavy atom. The van der Waals surface area contributed by atoms with E-state index in [1.54, 1.807) is 0 Å². The maximum atomic E-state index is 7.54. The molecule has 11 aromatic carbocycles. The number of rotatable bonds is 18. The molecule has 18 heteroatoms. The fraction of sp³-hybridized carbons (Fsp3) is 0.356. The molecule has 0 amide bonds. The van der Waals surface area contributed by atoms with E-state index in [2.05, 4.69) is 181 Å². The van der Waals surface area contributed by atoms with Crippen molar-refractivity contribution in [2.75, 3.05) is 42.3 Å². The van der Waals surface area contributed by atoms with Gasteiger partial charge in [0.25, 0.3) is 0 Å². The monoisotopic (exact) mass is 1450 g/mol. The summed E-state index contributed by atoms with van der Waals surface area (Å²) in [6.07, 6.45) is 24.0. The van der Waals surface area contributed by atoms with Crippen LogP contribution in [0.3, 0.4) is 0 Å². The summed E-state index contributed by atoms with van der Waals surface area (Å²) in [6.45, 7) is 4.01. The first kappa shape index (κ1) is 72.3. The van der Waals surface area contributed by atoms with Crippen LogP contribution in [-0.4, -0.2) is 63.2 Å². The lowest BCUT2D eigenvalue weighted by Crippen LogP contribution is -2.74. The first-order valence-electron chi connectivity index (χ1n) is 40.5. The van der Waals surface area contributed by atoms with Crippen molar-refractivity contribution in [2.45, 2.75) is 164 Å². The van der Waals surface area contributed by atoms with Gasteiger partial charge in [0.05, 0.1) is 42.3 Å². The zero-order chi connectivity index (χ0) is 74.6. The quantitative estimate of drug-likeness (QED) is 0.0699. The molecule has 4 unspecified atom stereocenters. The maximum absolute atomic E-state index is 7.54. The Hall–Kier alpha value is -9.87. The van der Waals surface area contributed by atoms with Gasteiger partial charge in [0.1, 0.15) is 69.0 Å². The van der Waals surface area contributed by atoms with Crippen LogP contribution < -0.4 is 82.2 Å². The van der Waals surface area contributed by atoms with E-state index in [0.717, 1.165) is 220 Å². The summed E-state index contributed by atoms with van der Waals surface area (Å²) in [5.74, 6) is 5.80. The summed E-state index contributed by atoms with van der Waals surface area (Å²) >= 11 is 0. The lowest BCUT2D eigenvalue weighted by Gasteiger charge is -2.28. The van der Waals surface area contributed by atoms with Gasteiger partial charge in [0.2, 0.25) is 0 Å². The van der Waals surface area contributed by atoms with Gasteiger partial charge >= 0.3 is 20.9 Å². The number of hydrogen-bond donors (Lipinski definition) is 3. The Labute approximate surface area is 635 Å². The highest BCUT2D eigenvalue weighted by atomic mass is 16.9. The van der Waals surface area contributed by atoms with Gasteiger partial charge in [0.15, 0.2) is 0 Å². The minimum absolute atomic E-state index is 0.305. The SMILES string of the molecule is CCCCc1ccc2c3c4c(cc2c1)O[B-]1(Oc2cc5cc(CCCC)ccc5c(c2O1)-c1c2c(cc5cc(CCCC)ccc15)O[B-]1(Oc5cc6cc(CCCC)ccc6c(c5O1)-c1c5c(cc6cc(CCCC)ccc16)O[B-]1(Oc6cc7c(c-3c6O1)=CCC(CCCC)C=7)O5)O2)O4.C[NH2+]C.C[NH2+]C.C[NH2+]C. The molecule has 560 valence electrons. The van der Waals surface area contributed by atoms with Crippen molar-refractivity contribution in [1.82, 2.24) is 0 Å². The molecule has 11 aromatic rings. The lowest BCUT2D eigenvalue weighted by molar-refractivity contribution is -0.597. The molecule has 0 radical (unpaired) electrons. The number of unbranched alkanes of at least 4 members (excludes halogenated alkanes) is 6. The van der Waals surface area contributed by atoms with Gasteiger partial charge in [-0.2, -0.15) is 0 Å². The number of nitrogens with two attached hydrogens (primary N) is 3. The van der Waals surface area contributed by atoms with E-state index in [4.69, 9.17) is 55.9 Å². The molecule has 6 N–H and O–H groups in total. The molecule has 7 aliphatic heterocycles. The molecule has 8 aliphatic rings. The summed E-state index contributed by atoms with van der Waals surface area (Å²) in [6, 6.07) is 46.2. The first-order chi connectivity index (χ1) is 52.8. The van der Waals surface area contributed by atoms with Crippen molar-refractivity contribution < 1.29 is 71.8 Å². The molecule has 0 fully saturated rings. The van der Waals surface area contributed by atoms with Crippen molar-refractivity contribution in [3.8, 4) is 102 Å². The zero-order valence-corrected chi connectivity index (χ0v) is 65.2. The van der Waals surface area contributed by atoms with Crippen LogP contribution in [0.4, 0.5) is 0 Å². The Bertz CT molecular complexity index is 5490. The number of benzene rings is 11. The molecule has 19 rings (SSSR count). The summed E-state index contributed by atoms with van der Waals surface area (Å²) in [5, 5.41) is 17.4. The number of hydrogen-bond acceptors (Lipinski definition) is 12. The van der Waals surface area contributed by atoms with E-state index in [1.165, 1.54) is 27.8 Å². The molecule has 9 bridgehead atoms. The fourth-order valence-electron chi connectivity index (χ4n) is 17.0. The Balaban J connectivity index is 0.000000945. The zero-order valence-electron chi connectivity index (χ0n) is 65.2. The van der Waals surface area contributed by atoms with Crippen molar-refractivity contribution in [1.29, 1.82) is 0 Å². The van der Waals surface area contributed by atoms with E-state index in [9.17, 15) is 0 Å². The van der Waals surface area contributed by atoms with Gasteiger partial charge in [0, 0.05) is 33.4 Å². The molecular weight excluding hydrogens is 1350 g/mol. The largest absolute Gasteiger partial charge is 0.777 e. The predicted molar refractivity (Wildman–Crippen MR) is 438 cm³/mol. The standard InChI is InChI=1S/C84H80B3O12.3C2H7N/c1-7-13-19-49-25-31-61-55(37-49)43-67-79-73(61)74-62-32-26-50(20-14-8-2)38-56(62)44-68-80(74)95-86(90-68)91-70-46-58-40-53(23-17-11-5)29-35-65(58)77(82(70)97-86)78-66-36-30-54(24-18-12-6)42-60(66)48-72-84(78)99-87(93-72)92-71-47-59-41-52(22-16-10-4)28-34-64(59)76(83(71)98-87)75-63-33-27-51(21-15-9-3)39-57(63)45-69-81(75)96-85(88-67,89-69)94-79;3*1-3-2/h25-29,31-48,54H,7-24,30H2,1-6H3;3*3H,1-2H3/q-3;;;/p+3. The van der Waals surface area contributed by atoms with E-state index < -0.39 is 20.9 Å². The number of aryl methyl sites for hydroxylation is 5. The van der Waals surface area contributed by atoms with Gasteiger partial charge in [-0.15, -0.1) is 0 Å². The van der Waals surface area contributed by atoms with Crippen LogP contribution in [0.5, 0.6) is 69.0 Å². The van der Waals surface area contributed by atoms with Crippen molar-refractivity contribution in [3.63, 3.8) is 0 Å². The molecule has 4 atom stereocenters. The van der Waals surface area contributed by atoms with Crippen molar-refractivity contribution >= 4 is 86.9 Å². The molecule has 7 heterocycles. The highest BCUT2D eigenvalue weighted by Gasteiger charge is 2.59. The number of fused-ring (bicyclic) bond motifs is 15. The van der Waals surface area contributed by atoms with E-state index in [0.29, 0.717) is 74.9 Å². The van der Waals surface area contributed by atoms with Gasteiger partial charge in [-0.1, -0.05) is 190 Å². The highest BCUT2D eigenvalue weighted by molar-refractivity contribution is 6.61.